The summed E-state index contributed by atoms with van der Waals surface area (Å²) in [5.74, 6) is -2.55. The van der Waals surface area contributed by atoms with Crippen LogP contribution in [0.1, 0.15) is 30.9 Å². The third kappa shape index (κ3) is 2.88. The van der Waals surface area contributed by atoms with E-state index in [2.05, 4.69) is 0 Å². The quantitative estimate of drug-likeness (QED) is 0.221. The summed E-state index contributed by atoms with van der Waals surface area (Å²) >= 11 is 0. The first-order valence-electron chi connectivity index (χ1n) is 12.5. The zero-order chi connectivity index (χ0) is 29.0. The molecule has 2 atom stereocenters. The molecule has 0 bridgehead atoms. The number of Topliss-reactive ketones (excluding diaryl/α,β-unsaturated/α-hetero) is 1. The maximum atomic E-state index is 13.5. The molecule has 206 valence electrons. The van der Waals surface area contributed by atoms with Gasteiger partial charge in [-0.2, -0.15) is 0 Å². The Morgan fingerprint density at radius 2 is 1.23 bits per heavy atom. The smallest absolute Gasteiger partial charge is 0.194 e. The number of rotatable bonds is 5. The summed E-state index contributed by atoms with van der Waals surface area (Å²) in [6, 6.07) is 2.43. The van der Waals surface area contributed by atoms with Gasteiger partial charge in [0.1, 0.15) is 17.3 Å². The summed E-state index contributed by atoms with van der Waals surface area (Å²) in [5.41, 5.74) is -2.45. The van der Waals surface area contributed by atoms with Crippen molar-refractivity contribution in [1.29, 1.82) is 0 Å². The van der Waals surface area contributed by atoms with Crippen LogP contribution in [0.2, 0.25) is 0 Å². The maximum absolute atomic E-state index is 13.5. The number of ether oxygens (including phenoxy) is 4. The van der Waals surface area contributed by atoms with Gasteiger partial charge in [0.15, 0.2) is 33.9 Å². The molecule has 5 aromatic carbocycles. The summed E-state index contributed by atoms with van der Waals surface area (Å²) in [4.78, 5) is 40.3. The number of aliphatic hydroxyl groups is 1. The molecule has 0 saturated carbocycles. The van der Waals surface area contributed by atoms with Crippen molar-refractivity contribution < 1.29 is 39.1 Å². The lowest BCUT2D eigenvalue weighted by Gasteiger charge is -2.32. The molecule has 0 aliphatic heterocycles. The van der Waals surface area contributed by atoms with Crippen LogP contribution < -0.4 is 29.8 Å². The lowest BCUT2D eigenvalue weighted by atomic mass is 9.77. The fourth-order valence-corrected chi connectivity index (χ4v) is 6.89. The molecule has 0 fully saturated rings. The number of fused-ring (bicyclic) bond motifs is 1. The van der Waals surface area contributed by atoms with Gasteiger partial charge in [0.25, 0.3) is 0 Å². The van der Waals surface area contributed by atoms with Crippen LogP contribution in [0.4, 0.5) is 0 Å². The second kappa shape index (κ2) is 8.22. The van der Waals surface area contributed by atoms with E-state index in [1.807, 2.05) is 0 Å². The Labute approximate surface area is 226 Å². The molecule has 1 aliphatic rings. The summed E-state index contributed by atoms with van der Waals surface area (Å²) in [6.45, 7) is 2.78. The number of phenolic OH excluding ortho intramolecular Hbond substituents is 2. The van der Waals surface area contributed by atoms with Crippen LogP contribution >= 0.6 is 0 Å². The molecule has 5 aromatic rings. The highest BCUT2D eigenvalue weighted by Gasteiger charge is 2.46. The number of carbonyl (C=O) groups is 1. The van der Waals surface area contributed by atoms with Gasteiger partial charge in [-0.25, -0.2) is 0 Å². The molecule has 40 heavy (non-hydrogen) atoms. The van der Waals surface area contributed by atoms with E-state index in [4.69, 9.17) is 18.9 Å². The number of carbonyl (C=O) groups excluding carboxylic acids is 1. The van der Waals surface area contributed by atoms with Crippen LogP contribution in [-0.4, -0.2) is 55.1 Å². The fourth-order valence-electron chi connectivity index (χ4n) is 6.89. The summed E-state index contributed by atoms with van der Waals surface area (Å²) in [5, 5.41) is 36.5. The second-order valence-electron chi connectivity index (χ2n) is 10.4. The normalized spacial score (nSPS) is 18.6. The molecule has 3 N–H and O–H groups in total. The van der Waals surface area contributed by atoms with Gasteiger partial charge in [-0.05, 0) is 24.6 Å². The Hall–Kier alpha value is -4.57. The summed E-state index contributed by atoms with van der Waals surface area (Å²) in [6.07, 6.45) is -0.187. The van der Waals surface area contributed by atoms with Crippen molar-refractivity contribution in [2.75, 3.05) is 28.4 Å². The molecule has 10 heteroatoms. The molecule has 10 nitrogen and oxygen atoms in total. The highest BCUT2D eigenvalue weighted by Crippen LogP contribution is 2.59. The molecule has 0 aromatic heterocycles. The number of methoxy groups -OCH3 is 4. The van der Waals surface area contributed by atoms with Gasteiger partial charge in [-0.3, -0.25) is 14.4 Å². The van der Waals surface area contributed by atoms with E-state index in [-0.39, 0.29) is 56.5 Å². The van der Waals surface area contributed by atoms with Gasteiger partial charge < -0.3 is 34.3 Å². The zero-order valence-electron chi connectivity index (χ0n) is 22.6. The molecular weight excluding hydrogens is 520 g/mol. The average molecular weight is 547 g/mol. The van der Waals surface area contributed by atoms with Crippen molar-refractivity contribution in [2.45, 2.75) is 31.8 Å². The largest absolute Gasteiger partial charge is 0.504 e. The monoisotopic (exact) mass is 546 g/mol. The molecule has 0 unspecified atom stereocenters. The number of hydrogen-bond donors (Lipinski definition) is 3. The fraction of sp³-hybridized carbons (Fsp3) is 0.300. The first kappa shape index (κ1) is 25.7. The van der Waals surface area contributed by atoms with Crippen molar-refractivity contribution in [2.24, 2.45) is 0 Å². The number of phenols is 2. The summed E-state index contributed by atoms with van der Waals surface area (Å²) in [7, 11) is 5.37. The summed E-state index contributed by atoms with van der Waals surface area (Å²) < 4.78 is 22.5. The minimum atomic E-state index is -1.78. The number of aromatic hydroxyl groups is 2. The van der Waals surface area contributed by atoms with Crippen molar-refractivity contribution in [3.05, 3.63) is 43.7 Å². The van der Waals surface area contributed by atoms with Gasteiger partial charge in [-0.1, -0.05) is 0 Å². The van der Waals surface area contributed by atoms with E-state index >= 15 is 0 Å². The van der Waals surface area contributed by atoms with E-state index < -0.39 is 39.7 Å². The molecule has 0 spiro atoms. The average Bonchev–Trinajstić information content (AvgIpc) is 2.99. The molecule has 0 radical (unpaired) electrons. The van der Waals surface area contributed by atoms with Crippen LogP contribution in [-0.2, 0) is 11.2 Å². The van der Waals surface area contributed by atoms with Crippen molar-refractivity contribution in [3.63, 3.8) is 0 Å². The van der Waals surface area contributed by atoms with Crippen LogP contribution in [0.3, 0.4) is 0 Å². The van der Waals surface area contributed by atoms with Crippen LogP contribution in [0, 0.1) is 0 Å². The second-order valence-corrected chi connectivity index (χ2v) is 10.4. The van der Waals surface area contributed by atoms with E-state index in [1.165, 1.54) is 54.4 Å². The first-order valence-corrected chi connectivity index (χ1v) is 12.5. The Balaban J connectivity index is 2.20. The number of benzene rings is 5. The molecule has 6 rings (SSSR count). The molecular formula is C30H26O10. The Bertz CT molecular complexity index is 2040. The Morgan fingerprint density at radius 1 is 0.750 bits per heavy atom. The lowest BCUT2D eigenvalue weighted by Crippen LogP contribution is -2.38. The molecule has 1 aliphatic carbocycles. The van der Waals surface area contributed by atoms with Crippen molar-refractivity contribution in [3.8, 4) is 34.5 Å². The topological polar surface area (TPSA) is 149 Å². The Morgan fingerprint density at radius 3 is 1.68 bits per heavy atom. The van der Waals surface area contributed by atoms with Gasteiger partial charge in [-0.15, -0.1) is 0 Å². The standard InChI is InChI=1S/C30H26O10/c1-10(31)25-24-22-16-11(9-30(25,2)36)28(39-5)26(34)17-12(32)7-14(37-3)19(21(16)17)20-15(38-4)8-13(33)18(23(20)22)27(35)29(24)40-6/h7-8,25,34-36H,9H2,1-6H3/t25-,30+/m0/s1. The van der Waals surface area contributed by atoms with E-state index in [9.17, 15) is 29.7 Å². The van der Waals surface area contributed by atoms with Crippen LogP contribution in [0.15, 0.2) is 21.7 Å². The minimum Gasteiger partial charge on any atom is -0.504 e. The molecule has 0 amide bonds. The van der Waals surface area contributed by atoms with Gasteiger partial charge in [0.2, 0.25) is 0 Å². The predicted molar refractivity (Wildman–Crippen MR) is 149 cm³/mol. The van der Waals surface area contributed by atoms with Gasteiger partial charge in [0.05, 0.1) is 50.7 Å². The van der Waals surface area contributed by atoms with Crippen molar-refractivity contribution >= 4 is 48.9 Å². The van der Waals surface area contributed by atoms with Crippen LogP contribution in [0.25, 0.3) is 43.1 Å². The number of ketones is 1. The Kier molecular flexibility index (Phi) is 5.28. The third-order valence-corrected chi connectivity index (χ3v) is 8.20. The zero-order valence-corrected chi connectivity index (χ0v) is 22.6. The van der Waals surface area contributed by atoms with E-state index in [0.717, 1.165) is 0 Å². The minimum absolute atomic E-state index is 0.0555. The van der Waals surface area contributed by atoms with Crippen LogP contribution in [0.5, 0.6) is 34.5 Å². The van der Waals surface area contributed by atoms with E-state index in [1.54, 1.807) is 0 Å². The first-order chi connectivity index (χ1) is 18.9. The third-order valence-electron chi connectivity index (χ3n) is 8.20. The molecule has 0 saturated heterocycles. The maximum Gasteiger partial charge on any atom is 0.194 e. The predicted octanol–water partition coefficient (Wildman–Crippen LogP) is 3.32. The van der Waals surface area contributed by atoms with E-state index in [0.29, 0.717) is 27.1 Å². The lowest BCUT2D eigenvalue weighted by molar-refractivity contribution is -0.124. The highest BCUT2D eigenvalue weighted by molar-refractivity contribution is 6.39. The molecule has 0 heterocycles. The van der Waals surface area contributed by atoms with Gasteiger partial charge in [0, 0.05) is 51.2 Å². The van der Waals surface area contributed by atoms with Crippen molar-refractivity contribution in [1.82, 2.24) is 0 Å². The SMILES string of the molecule is COc1c(O)c2c(=O)cc(OC)c3c4c(OC)cc(=O)c5c(O)c(OC)c6c(c(c1C[C@@](C)(O)[C@H]6C(C)=O)c23)c54. The van der Waals surface area contributed by atoms with Gasteiger partial charge >= 0.3 is 0 Å². The number of hydrogen-bond acceptors (Lipinski definition) is 10. The highest BCUT2D eigenvalue weighted by atomic mass is 16.5.